The van der Waals surface area contributed by atoms with Gasteiger partial charge >= 0.3 is 6.18 Å². The number of aromatic nitrogens is 2. The topological polar surface area (TPSA) is 34.9 Å². The van der Waals surface area contributed by atoms with E-state index in [0.29, 0.717) is 16.2 Å². The van der Waals surface area contributed by atoms with Gasteiger partial charge < -0.3 is 4.57 Å². The van der Waals surface area contributed by atoms with E-state index in [9.17, 15) is 18.0 Å². The van der Waals surface area contributed by atoms with Gasteiger partial charge in [-0.2, -0.15) is 13.2 Å². The zero-order valence-electron chi connectivity index (χ0n) is 10.6. The number of thioether (sulfide) groups is 1. The molecule has 1 aromatic carbocycles. The Kier molecular flexibility index (Phi) is 4.02. The van der Waals surface area contributed by atoms with Gasteiger partial charge in [0.15, 0.2) is 0 Å². The molecule has 0 N–H and O–H groups in total. The zero-order valence-corrected chi connectivity index (χ0v) is 12.2. The van der Waals surface area contributed by atoms with Crippen molar-refractivity contribution in [1.29, 1.82) is 0 Å². The predicted octanol–water partition coefficient (Wildman–Crippen LogP) is 4.08. The van der Waals surface area contributed by atoms with Crippen molar-refractivity contribution in [2.24, 2.45) is 7.05 Å². The molecule has 3 nitrogen and oxygen atoms in total. The third kappa shape index (κ3) is 2.64. The van der Waals surface area contributed by atoms with Crippen LogP contribution in [0.15, 0.2) is 17.0 Å². The number of benzene rings is 1. The highest BCUT2D eigenvalue weighted by atomic mass is 35.5. The monoisotopic (exact) mass is 322 g/mol. The molecule has 8 heteroatoms. The molecule has 1 aromatic heterocycles. The summed E-state index contributed by atoms with van der Waals surface area (Å²) in [5.41, 5.74) is 0.595. The summed E-state index contributed by atoms with van der Waals surface area (Å²) < 4.78 is 39.4. The van der Waals surface area contributed by atoms with E-state index in [4.69, 9.17) is 11.6 Å². The summed E-state index contributed by atoms with van der Waals surface area (Å²) in [7, 11) is 1.29. The number of carbonyl (C=O) groups excluding carboxylic acids is 1. The Balaban J connectivity index is 2.73. The van der Waals surface area contributed by atoms with Crippen LogP contribution in [0.4, 0.5) is 13.2 Å². The van der Waals surface area contributed by atoms with Gasteiger partial charge in [0.05, 0.1) is 11.0 Å². The predicted molar refractivity (Wildman–Crippen MR) is 72.3 cm³/mol. The highest BCUT2D eigenvalue weighted by Crippen LogP contribution is 2.34. The van der Waals surface area contributed by atoms with Crippen LogP contribution in [0, 0.1) is 0 Å². The fourth-order valence-corrected chi connectivity index (χ4v) is 2.93. The van der Waals surface area contributed by atoms with Crippen LogP contribution in [0.1, 0.15) is 23.1 Å². The Morgan fingerprint density at radius 2 is 2.10 bits per heavy atom. The summed E-state index contributed by atoms with van der Waals surface area (Å²) in [5, 5.41) is -0.706. The normalized spacial score (nSPS) is 12.1. The van der Waals surface area contributed by atoms with Crippen molar-refractivity contribution in [1.82, 2.24) is 9.55 Å². The zero-order chi connectivity index (χ0) is 15.1. The maximum atomic E-state index is 12.8. The number of carbonyl (C=O) groups is 1. The van der Waals surface area contributed by atoms with Gasteiger partial charge in [-0.3, -0.25) is 4.79 Å². The molecule has 0 spiro atoms. The standard InChI is InChI=1S/C12H10ClF3N2OS/c1-3-20-9-5-8-7(4-6(9)10(13)19)17-11(18(8)2)12(14,15)16/h4-5H,3H2,1-2H3. The van der Waals surface area contributed by atoms with Crippen LogP contribution in [-0.4, -0.2) is 20.5 Å². The van der Waals surface area contributed by atoms with Gasteiger partial charge in [-0.1, -0.05) is 6.92 Å². The summed E-state index contributed by atoms with van der Waals surface area (Å²) in [4.78, 5) is 15.5. The van der Waals surface area contributed by atoms with Gasteiger partial charge in [-0.25, -0.2) is 4.98 Å². The minimum atomic E-state index is -4.54. The van der Waals surface area contributed by atoms with Crippen LogP contribution in [0.5, 0.6) is 0 Å². The van der Waals surface area contributed by atoms with Crippen LogP contribution in [0.2, 0.25) is 0 Å². The average Bonchev–Trinajstić information content (AvgIpc) is 2.66. The Bertz CT molecular complexity index is 681. The number of nitrogens with zero attached hydrogens (tertiary/aromatic N) is 2. The second-order valence-corrected chi connectivity index (χ2v) is 5.69. The van der Waals surface area contributed by atoms with Crippen LogP contribution >= 0.6 is 23.4 Å². The first kappa shape index (κ1) is 15.2. The minimum Gasteiger partial charge on any atom is -0.323 e. The van der Waals surface area contributed by atoms with Crippen molar-refractivity contribution in [2.75, 3.05) is 5.75 Å². The molecule has 0 unspecified atom stereocenters. The Hall–Kier alpha value is -1.21. The number of hydrogen-bond acceptors (Lipinski definition) is 3. The third-order valence-corrected chi connectivity index (χ3v) is 3.89. The first-order valence-electron chi connectivity index (χ1n) is 5.66. The van der Waals surface area contributed by atoms with Gasteiger partial charge in [0.1, 0.15) is 0 Å². The van der Waals surface area contributed by atoms with Crippen LogP contribution in [0.25, 0.3) is 11.0 Å². The maximum Gasteiger partial charge on any atom is 0.449 e. The molecule has 0 saturated carbocycles. The third-order valence-electron chi connectivity index (χ3n) is 2.75. The second-order valence-electron chi connectivity index (χ2n) is 4.04. The van der Waals surface area contributed by atoms with Gasteiger partial charge in [-0.15, -0.1) is 11.8 Å². The molecule has 0 saturated heterocycles. The fraction of sp³-hybridized carbons (Fsp3) is 0.333. The molecular formula is C12H10ClF3N2OS. The Labute approximate surface area is 122 Å². The molecule has 0 atom stereocenters. The average molecular weight is 323 g/mol. The highest BCUT2D eigenvalue weighted by Gasteiger charge is 2.36. The van der Waals surface area contributed by atoms with E-state index >= 15 is 0 Å². The molecule has 1 heterocycles. The van der Waals surface area contributed by atoms with E-state index < -0.39 is 17.2 Å². The van der Waals surface area contributed by atoms with Crippen molar-refractivity contribution >= 4 is 39.6 Å². The summed E-state index contributed by atoms with van der Waals surface area (Å²) in [6, 6.07) is 2.82. The number of imidazole rings is 1. The highest BCUT2D eigenvalue weighted by molar-refractivity contribution is 7.99. The second kappa shape index (κ2) is 5.29. The van der Waals surface area contributed by atoms with Gasteiger partial charge in [0.25, 0.3) is 5.24 Å². The molecular weight excluding hydrogens is 313 g/mol. The molecule has 0 bridgehead atoms. The Morgan fingerprint density at radius 1 is 1.45 bits per heavy atom. The molecule has 2 aromatic rings. The minimum absolute atomic E-state index is 0.101. The lowest BCUT2D eigenvalue weighted by atomic mass is 10.2. The fourth-order valence-electron chi connectivity index (χ4n) is 1.90. The van der Waals surface area contributed by atoms with Crippen molar-refractivity contribution in [3.63, 3.8) is 0 Å². The number of hydrogen-bond donors (Lipinski definition) is 0. The summed E-state index contributed by atoms with van der Waals surface area (Å²) in [6.45, 7) is 1.88. The lowest BCUT2D eigenvalue weighted by Crippen LogP contribution is -2.12. The molecule has 0 aliphatic heterocycles. The van der Waals surface area contributed by atoms with Gasteiger partial charge in [-0.05, 0) is 29.5 Å². The van der Waals surface area contributed by atoms with Gasteiger partial charge in [0.2, 0.25) is 5.82 Å². The molecule has 20 heavy (non-hydrogen) atoms. The van der Waals surface area contributed by atoms with Crippen LogP contribution in [0.3, 0.4) is 0 Å². The lowest BCUT2D eigenvalue weighted by molar-refractivity contribution is -0.146. The number of aryl methyl sites for hydroxylation is 1. The summed E-state index contributed by atoms with van der Waals surface area (Å²) >= 11 is 6.81. The van der Waals surface area contributed by atoms with E-state index in [1.165, 1.54) is 30.9 Å². The van der Waals surface area contributed by atoms with Crippen LogP contribution < -0.4 is 0 Å². The molecule has 0 amide bonds. The van der Waals surface area contributed by atoms with Crippen molar-refractivity contribution in [3.05, 3.63) is 23.5 Å². The summed E-state index contributed by atoms with van der Waals surface area (Å²) in [5.74, 6) is -0.328. The van der Waals surface area contributed by atoms with Gasteiger partial charge in [0, 0.05) is 17.5 Å². The van der Waals surface area contributed by atoms with E-state index in [1.807, 2.05) is 6.92 Å². The largest absolute Gasteiger partial charge is 0.449 e. The Morgan fingerprint density at radius 3 is 2.60 bits per heavy atom. The number of rotatable bonds is 3. The van der Waals surface area contributed by atoms with Crippen molar-refractivity contribution < 1.29 is 18.0 Å². The molecule has 2 rings (SSSR count). The SMILES string of the molecule is CCSc1cc2c(cc1C(=O)Cl)nc(C(F)(F)F)n2C. The first-order valence-corrected chi connectivity index (χ1v) is 7.02. The number of alkyl halides is 3. The van der Waals surface area contributed by atoms with E-state index in [2.05, 4.69) is 4.98 Å². The quantitative estimate of drug-likeness (QED) is 0.631. The smallest absolute Gasteiger partial charge is 0.323 e. The number of fused-ring (bicyclic) bond motifs is 1. The van der Waals surface area contributed by atoms with E-state index in [0.717, 1.165) is 4.57 Å². The summed E-state index contributed by atoms with van der Waals surface area (Å²) in [6.07, 6.45) is -4.54. The first-order chi connectivity index (χ1) is 9.25. The lowest BCUT2D eigenvalue weighted by Gasteiger charge is -2.07. The number of halogens is 4. The maximum absolute atomic E-state index is 12.8. The molecule has 0 aliphatic carbocycles. The van der Waals surface area contributed by atoms with E-state index in [1.54, 1.807) is 0 Å². The molecule has 108 valence electrons. The van der Waals surface area contributed by atoms with Crippen LogP contribution in [-0.2, 0) is 13.2 Å². The molecule has 0 radical (unpaired) electrons. The van der Waals surface area contributed by atoms with Crippen molar-refractivity contribution in [3.8, 4) is 0 Å². The molecule has 0 fully saturated rings. The van der Waals surface area contributed by atoms with E-state index in [-0.39, 0.29) is 11.1 Å². The molecule has 0 aliphatic rings. The van der Waals surface area contributed by atoms with Crippen molar-refractivity contribution in [2.45, 2.75) is 18.0 Å².